The third-order valence-electron chi connectivity index (χ3n) is 4.49. The largest absolute Gasteiger partial charge is 0.497 e. The minimum Gasteiger partial charge on any atom is -0.497 e. The molecule has 7 nitrogen and oxygen atoms in total. The van der Waals surface area contributed by atoms with Crippen molar-refractivity contribution in [1.29, 1.82) is 0 Å². The van der Waals surface area contributed by atoms with Gasteiger partial charge in [0, 0.05) is 6.54 Å². The smallest absolute Gasteiger partial charge is 0.243 e. The minimum atomic E-state index is -3.65. The molecular formula is C21H28N2O5S. The van der Waals surface area contributed by atoms with Crippen molar-refractivity contribution >= 4 is 21.6 Å². The van der Waals surface area contributed by atoms with Crippen LogP contribution in [0.25, 0.3) is 0 Å². The summed E-state index contributed by atoms with van der Waals surface area (Å²) < 4.78 is 36.0. The number of anilines is 1. The molecule has 0 spiro atoms. The fourth-order valence-corrected chi connectivity index (χ4v) is 4.19. The first-order valence-electron chi connectivity index (χ1n) is 9.30. The van der Waals surface area contributed by atoms with Gasteiger partial charge in [-0.05, 0) is 61.7 Å². The molecular weight excluding hydrogens is 392 g/mol. The van der Waals surface area contributed by atoms with Crippen LogP contribution in [0.15, 0.2) is 48.5 Å². The summed E-state index contributed by atoms with van der Waals surface area (Å²) in [6.07, 6.45) is 2.59. The number of sulfonamides is 1. The van der Waals surface area contributed by atoms with Crippen LogP contribution in [0.1, 0.15) is 18.9 Å². The summed E-state index contributed by atoms with van der Waals surface area (Å²) in [4.78, 5) is 12.6. The zero-order valence-electron chi connectivity index (χ0n) is 17.2. The molecule has 0 heterocycles. The Kier molecular flexibility index (Phi) is 7.90. The summed E-state index contributed by atoms with van der Waals surface area (Å²) in [5, 5.41) is 2.83. The number of nitrogens with zero attached hydrogens (tertiary/aromatic N) is 1. The first-order chi connectivity index (χ1) is 13.8. The highest BCUT2D eigenvalue weighted by molar-refractivity contribution is 7.92. The van der Waals surface area contributed by atoms with Crippen molar-refractivity contribution in [2.75, 3.05) is 31.3 Å². The molecule has 1 N–H and O–H groups in total. The lowest BCUT2D eigenvalue weighted by Gasteiger charge is -2.28. The van der Waals surface area contributed by atoms with E-state index in [1.165, 1.54) is 7.11 Å². The Morgan fingerprint density at radius 3 is 2.31 bits per heavy atom. The fourth-order valence-electron chi connectivity index (χ4n) is 3.02. The number of rotatable bonds is 10. The number of methoxy groups -OCH3 is 2. The maximum Gasteiger partial charge on any atom is 0.243 e. The number of hydrogen-bond acceptors (Lipinski definition) is 5. The first kappa shape index (κ1) is 22.5. The van der Waals surface area contributed by atoms with E-state index in [4.69, 9.17) is 9.47 Å². The van der Waals surface area contributed by atoms with Gasteiger partial charge in [0.25, 0.3) is 0 Å². The van der Waals surface area contributed by atoms with Crippen molar-refractivity contribution in [3.8, 4) is 11.5 Å². The van der Waals surface area contributed by atoms with Crippen molar-refractivity contribution in [2.24, 2.45) is 0 Å². The monoisotopic (exact) mass is 420 g/mol. The van der Waals surface area contributed by atoms with E-state index < -0.39 is 16.1 Å². The molecule has 0 aliphatic carbocycles. The molecule has 0 saturated heterocycles. The molecule has 0 fully saturated rings. The van der Waals surface area contributed by atoms with E-state index in [0.717, 1.165) is 34.7 Å². The van der Waals surface area contributed by atoms with E-state index in [1.807, 2.05) is 24.3 Å². The molecule has 8 heteroatoms. The average Bonchev–Trinajstić information content (AvgIpc) is 2.70. The number of carbonyl (C=O) groups excluding carboxylic acids is 1. The number of ether oxygens (including phenoxy) is 2. The second-order valence-electron chi connectivity index (χ2n) is 6.68. The van der Waals surface area contributed by atoms with Gasteiger partial charge in [0.2, 0.25) is 15.9 Å². The maximum absolute atomic E-state index is 12.6. The van der Waals surface area contributed by atoms with Crippen molar-refractivity contribution in [2.45, 2.75) is 25.8 Å². The molecule has 2 aromatic rings. The zero-order chi connectivity index (χ0) is 21.4. The van der Waals surface area contributed by atoms with Gasteiger partial charge in [-0.2, -0.15) is 0 Å². The number of hydrogen-bond donors (Lipinski definition) is 1. The van der Waals surface area contributed by atoms with Gasteiger partial charge in [0.1, 0.15) is 17.5 Å². The van der Waals surface area contributed by atoms with Crippen LogP contribution in [0.5, 0.6) is 11.5 Å². The lowest BCUT2D eigenvalue weighted by atomic mass is 10.1. The van der Waals surface area contributed by atoms with Crippen LogP contribution >= 0.6 is 0 Å². The number of nitrogens with one attached hydrogen (secondary N) is 1. The molecule has 1 amide bonds. The molecule has 0 radical (unpaired) electrons. The highest BCUT2D eigenvalue weighted by Crippen LogP contribution is 2.23. The van der Waals surface area contributed by atoms with Gasteiger partial charge in [-0.3, -0.25) is 9.10 Å². The van der Waals surface area contributed by atoms with Gasteiger partial charge in [-0.1, -0.05) is 12.1 Å². The fraction of sp³-hybridized carbons (Fsp3) is 0.381. The molecule has 0 aliphatic heterocycles. The van der Waals surface area contributed by atoms with Gasteiger partial charge in [-0.25, -0.2) is 8.42 Å². The van der Waals surface area contributed by atoms with E-state index in [2.05, 4.69) is 5.32 Å². The van der Waals surface area contributed by atoms with Gasteiger partial charge in [0.05, 0.1) is 26.2 Å². The number of carbonyl (C=O) groups is 1. The predicted molar refractivity (Wildman–Crippen MR) is 114 cm³/mol. The summed E-state index contributed by atoms with van der Waals surface area (Å²) in [7, 11) is -0.491. The molecule has 1 atom stereocenters. The quantitative estimate of drug-likeness (QED) is 0.597. The molecule has 2 rings (SSSR count). The van der Waals surface area contributed by atoms with Gasteiger partial charge in [-0.15, -0.1) is 0 Å². The molecule has 0 aromatic heterocycles. The van der Waals surface area contributed by atoms with Crippen LogP contribution in [-0.2, 0) is 21.2 Å². The van der Waals surface area contributed by atoms with Gasteiger partial charge >= 0.3 is 0 Å². The van der Waals surface area contributed by atoms with Crippen molar-refractivity contribution in [3.63, 3.8) is 0 Å². The first-order valence-corrected chi connectivity index (χ1v) is 11.1. The molecule has 2 aromatic carbocycles. The standard InChI is InChI=1S/C21H28N2O5S/c1-16(23(29(4,25)26)18-10-12-19(27-2)13-11-18)21(24)22-14-6-8-17-7-5-9-20(15-17)28-3/h5,7,9-13,15-16H,6,8,14H2,1-4H3,(H,22,24)/t16-/m0/s1. The van der Waals surface area contributed by atoms with Crippen LogP contribution in [0.4, 0.5) is 5.69 Å². The van der Waals surface area contributed by atoms with Crippen molar-refractivity contribution in [3.05, 3.63) is 54.1 Å². The summed E-state index contributed by atoms with van der Waals surface area (Å²) in [5.74, 6) is 1.05. The molecule has 29 heavy (non-hydrogen) atoms. The van der Waals surface area contributed by atoms with Crippen LogP contribution < -0.4 is 19.1 Å². The Hall–Kier alpha value is -2.74. The Labute approximate surface area is 172 Å². The number of aryl methyl sites for hydroxylation is 1. The second-order valence-corrected chi connectivity index (χ2v) is 8.54. The normalized spacial score (nSPS) is 12.1. The Balaban J connectivity index is 1.97. The van der Waals surface area contributed by atoms with Crippen LogP contribution in [-0.4, -0.2) is 47.4 Å². The third kappa shape index (κ3) is 6.39. The summed E-state index contributed by atoms with van der Waals surface area (Å²) in [6, 6.07) is 13.4. The summed E-state index contributed by atoms with van der Waals surface area (Å²) >= 11 is 0. The topological polar surface area (TPSA) is 84.9 Å². The second kappa shape index (κ2) is 10.2. The van der Waals surface area contributed by atoms with Gasteiger partial charge < -0.3 is 14.8 Å². The average molecular weight is 421 g/mol. The summed E-state index contributed by atoms with van der Waals surface area (Å²) in [6.45, 7) is 2.02. The third-order valence-corrected chi connectivity index (χ3v) is 5.73. The van der Waals surface area contributed by atoms with Gasteiger partial charge in [0.15, 0.2) is 0 Å². The van der Waals surface area contributed by atoms with E-state index in [1.54, 1.807) is 38.3 Å². The lowest BCUT2D eigenvalue weighted by Crippen LogP contribution is -2.48. The highest BCUT2D eigenvalue weighted by atomic mass is 32.2. The van der Waals surface area contributed by atoms with Crippen molar-refractivity contribution in [1.82, 2.24) is 5.32 Å². The molecule has 0 bridgehead atoms. The van der Waals surface area contributed by atoms with E-state index >= 15 is 0 Å². The predicted octanol–water partition coefficient (Wildman–Crippen LogP) is 2.61. The van der Waals surface area contributed by atoms with E-state index in [-0.39, 0.29) is 5.91 Å². The molecule has 0 unspecified atom stereocenters. The lowest BCUT2D eigenvalue weighted by molar-refractivity contribution is -0.121. The number of benzene rings is 2. The minimum absolute atomic E-state index is 0.350. The van der Waals surface area contributed by atoms with E-state index in [0.29, 0.717) is 18.0 Å². The molecule has 0 aliphatic rings. The van der Waals surface area contributed by atoms with Crippen LogP contribution in [0.2, 0.25) is 0 Å². The Morgan fingerprint density at radius 2 is 1.72 bits per heavy atom. The Bertz CT molecular complexity index is 913. The Morgan fingerprint density at radius 1 is 1.07 bits per heavy atom. The maximum atomic E-state index is 12.6. The van der Waals surface area contributed by atoms with E-state index in [9.17, 15) is 13.2 Å². The SMILES string of the molecule is COc1ccc(N([C@@H](C)C(=O)NCCCc2cccc(OC)c2)S(C)(=O)=O)cc1. The van der Waals surface area contributed by atoms with Crippen molar-refractivity contribution < 1.29 is 22.7 Å². The molecule has 158 valence electrons. The highest BCUT2D eigenvalue weighted by Gasteiger charge is 2.28. The van der Waals surface area contributed by atoms with Crippen LogP contribution in [0.3, 0.4) is 0 Å². The zero-order valence-corrected chi connectivity index (χ0v) is 18.0. The molecule has 0 saturated carbocycles. The summed E-state index contributed by atoms with van der Waals surface area (Å²) in [5.41, 5.74) is 1.52. The van der Waals surface area contributed by atoms with Crippen LogP contribution in [0, 0.1) is 0 Å². The number of amides is 1.